The van der Waals surface area contributed by atoms with Crippen molar-refractivity contribution in [2.75, 3.05) is 21.3 Å². The fourth-order valence-electron chi connectivity index (χ4n) is 3.81. The lowest BCUT2D eigenvalue weighted by Crippen LogP contribution is -1.96. The van der Waals surface area contributed by atoms with Crippen LogP contribution in [0.2, 0.25) is 0 Å². The third kappa shape index (κ3) is 2.76. The summed E-state index contributed by atoms with van der Waals surface area (Å²) >= 11 is 0. The number of H-pyrrole nitrogens is 1. The fraction of sp³-hybridized carbons (Fsp3) is 0.125. The van der Waals surface area contributed by atoms with Gasteiger partial charge in [0.25, 0.3) is 0 Å². The van der Waals surface area contributed by atoms with Crippen LogP contribution >= 0.6 is 0 Å². The van der Waals surface area contributed by atoms with Crippen molar-refractivity contribution in [2.45, 2.75) is 0 Å². The zero-order valence-electron chi connectivity index (χ0n) is 16.9. The maximum Gasteiger partial charge on any atom is 0.204 e. The van der Waals surface area contributed by atoms with Crippen LogP contribution in [0.25, 0.3) is 44.5 Å². The van der Waals surface area contributed by atoms with Gasteiger partial charge in [0.05, 0.1) is 26.9 Å². The van der Waals surface area contributed by atoms with E-state index in [2.05, 4.69) is 34.2 Å². The number of furan rings is 1. The molecule has 3 heterocycles. The monoisotopic (exact) mass is 400 g/mol. The Morgan fingerprint density at radius 3 is 2.50 bits per heavy atom. The largest absolute Gasteiger partial charge is 0.493 e. The van der Waals surface area contributed by atoms with Gasteiger partial charge < -0.3 is 23.6 Å². The Bertz CT molecular complexity index is 1370. The lowest BCUT2D eigenvalue weighted by Gasteiger charge is -2.14. The molecular formula is C24H20N2O4. The number of aromatic amines is 1. The molecule has 0 saturated heterocycles. The van der Waals surface area contributed by atoms with Gasteiger partial charge in [-0.2, -0.15) is 0 Å². The second-order valence-corrected chi connectivity index (χ2v) is 6.85. The number of rotatable bonds is 5. The zero-order valence-corrected chi connectivity index (χ0v) is 16.9. The molecule has 0 aliphatic heterocycles. The predicted molar refractivity (Wildman–Crippen MR) is 116 cm³/mol. The zero-order chi connectivity index (χ0) is 20.7. The summed E-state index contributed by atoms with van der Waals surface area (Å²) in [6.45, 7) is 0. The number of ether oxygens (including phenoxy) is 3. The van der Waals surface area contributed by atoms with E-state index < -0.39 is 0 Å². The molecule has 0 radical (unpaired) electrons. The van der Waals surface area contributed by atoms with Crippen molar-refractivity contribution >= 4 is 22.0 Å². The normalized spacial score (nSPS) is 11.2. The Kier molecular flexibility index (Phi) is 4.32. The van der Waals surface area contributed by atoms with Crippen LogP contribution in [0.3, 0.4) is 0 Å². The molecular weight excluding hydrogens is 380 g/mol. The highest BCUT2D eigenvalue weighted by Crippen LogP contribution is 2.45. The van der Waals surface area contributed by atoms with Crippen LogP contribution in [0.4, 0.5) is 0 Å². The van der Waals surface area contributed by atoms with Crippen molar-refractivity contribution in [1.82, 2.24) is 9.97 Å². The summed E-state index contributed by atoms with van der Waals surface area (Å²) in [6, 6.07) is 15.9. The fourth-order valence-corrected chi connectivity index (χ4v) is 3.81. The van der Waals surface area contributed by atoms with Crippen LogP contribution in [0.1, 0.15) is 0 Å². The Hall–Kier alpha value is -3.93. The highest BCUT2D eigenvalue weighted by molar-refractivity contribution is 5.95. The lowest BCUT2D eigenvalue weighted by molar-refractivity contribution is 0.325. The van der Waals surface area contributed by atoms with Crippen molar-refractivity contribution < 1.29 is 18.6 Å². The molecule has 0 aliphatic rings. The first-order valence-electron chi connectivity index (χ1n) is 9.49. The maximum atomic E-state index is 6.30. The SMILES string of the molecule is COc1ccc(-c2cc3nccc(-c4ccc5cc[nH]c5c4)c3o2)c(OC)c1OC. The van der Waals surface area contributed by atoms with Crippen LogP contribution < -0.4 is 14.2 Å². The third-order valence-electron chi connectivity index (χ3n) is 5.25. The van der Waals surface area contributed by atoms with Crippen LogP contribution in [0.5, 0.6) is 17.2 Å². The number of pyridine rings is 1. The average Bonchev–Trinajstić information content (AvgIpc) is 3.43. The summed E-state index contributed by atoms with van der Waals surface area (Å²) in [5.74, 6) is 2.30. The number of nitrogens with zero attached hydrogens (tertiary/aromatic N) is 1. The predicted octanol–water partition coefficient (Wildman–Crippen LogP) is 5.67. The molecule has 5 rings (SSSR count). The van der Waals surface area contributed by atoms with E-state index in [1.54, 1.807) is 27.5 Å². The van der Waals surface area contributed by atoms with Crippen molar-refractivity contribution in [3.63, 3.8) is 0 Å². The molecule has 2 aromatic carbocycles. The first-order chi connectivity index (χ1) is 14.7. The molecule has 0 aliphatic carbocycles. The number of fused-ring (bicyclic) bond motifs is 2. The average molecular weight is 400 g/mol. The summed E-state index contributed by atoms with van der Waals surface area (Å²) in [7, 11) is 4.77. The van der Waals surface area contributed by atoms with Gasteiger partial charge in [-0.05, 0) is 41.3 Å². The van der Waals surface area contributed by atoms with Crippen LogP contribution in [-0.4, -0.2) is 31.3 Å². The van der Waals surface area contributed by atoms with Crippen molar-refractivity contribution in [2.24, 2.45) is 0 Å². The van der Waals surface area contributed by atoms with Gasteiger partial charge >= 0.3 is 0 Å². The molecule has 0 bridgehead atoms. The Morgan fingerprint density at radius 1 is 0.833 bits per heavy atom. The molecule has 0 saturated carbocycles. The van der Waals surface area contributed by atoms with E-state index in [1.807, 2.05) is 30.5 Å². The summed E-state index contributed by atoms with van der Waals surface area (Å²) in [4.78, 5) is 7.76. The molecule has 3 aromatic heterocycles. The number of hydrogen-bond donors (Lipinski definition) is 1. The maximum absolute atomic E-state index is 6.30. The number of hydrogen-bond acceptors (Lipinski definition) is 5. The quantitative estimate of drug-likeness (QED) is 0.412. The molecule has 150 valence electrons. The first-order valence-corrected chi connectivity index (χ1v) is 9.49. The van der Waals surface area contributed by atoms with Gasteiger partial charge in [0.1, 0.15) is 11.3 Å². The number of methoxy groups -OCH3 is 3. The molecule has 0 atom stereocenters. The third-order valence-corrected chi connectivity index (χ3v) is 5.25. The second-order valence-electron chi connectivity index (χ2n) is 6.85. The molecule has 0 unspecified atom stereocenters. The molecule has 30 heavy (non-hydrogen) atoms. The van der Waals surface area contributed by atoms with Crippen LogP contribution in [-0.2, 0) is 0 Å². The van der Waals surface area contributed by atoms with Crippen LogP contribution in [0.15, 0.2) is 65.3 Å². The van der Waals surface area contributed by atoms with Gasteiger partial charge in [0.15, 0.2) is 17.1 Å². The lowest BCUT2D eigenvalue weighted by atomic mass is 10.0. The Labute approximate surface area is 173 Å². The molecule has 1 N–H and O–H groups in total. The smallest absolute Gasteiger partial charge is 0.204 e. The van der Waals surface area contributed by atoms with Gasteiger partial charge in [0, 0.05) is 29.5 Å². The first kappa shape index (κ1) is 18.1. The summed E-state index contributed by atoms with van der Waals surface area (Å²) in [6.07, 6.45) is 3.73. The van der Waals surface area contributed by atoms with Gasteiger partial charge in [0.2, 0.25) is 5.75 Å². The second kappa shape index (κ2) is 7.15. The molecule has 0 amide bonds. The van der Waals surface area contributed by atoms with E-state index in [0.29, 0.717) is 23.0 Å². The van der Waals surface area contributed by atoms with Gasteiger partial charge in [-0.15, -0.1) is 0 Å². The van der Waals surface area contributed by atoms with Crippen molar-refractivity contribution in [3.05, 3.63) is 60.9 Å². The van der Waals surface area contributed by atoms with E-state index in [1.165, 1.54) is 5.39 Å². The van der Waals surface area contributed by atoms with E-state index in [4.69, 9.17) is 18.6 Å². The van der Waals surface area contributed by atoms with Gasteiger partial charge in [-0.3, -0.25) is 4.98 Å². The number of aromatic nitrogens is 2. The van der Waals surface area contributed by atoms with E-state index in [9.17, 15) is 0 Å². The van der Waals surface area contributed by atoms with Gasteiger partial charge in [-0.25, -0.2) is 0 Å². The minimum atomic E-state index is 0.517. The number of nitrogens with one attached hydrogen (secondary N) is 1. The Morgan fingerprint density at radius 2 is 1.70 bits per heavy atom. The molecule has 5 aromatic rings. The minimum absolute atomic E-state index is 0.517. The summed E-state index contributed by atoms with van der Waals surface area (Å²) in [5.41, 5.74) is 5.35. The highest BCUT2D eigenvalue weighted by atomic mass is 16.5. The Balaban J connectivity index is 1.69. The summed E-state index contributed by atoms with van der Waals surface area (Å²) in [5, 5.41) is 1.17. The van der Waals surface area contributed by atoms with Crippen molar-refractivity contribution in [3.8, 4) is 39.7 Å². The molecule has 6 heteroatoms. The van der Waals surface area contributed by atoms with E-state index in [0.717, 1.165) is 33.3 Å². The van der Waals surface area contributed by atoms with Gasteiger partial charge in [-0.1, -0.05) is 12.1 Å². The highest BCUT2D eigenvalue weighted by Gasteiger charge is 2.21. The molecule has 0 fully saturated rings. The van der Waals surface area contributed by atoms with E-state index >= 15 is 0 Å². The topological polar surface area (TPSA) is 69.5 Å². The summed E-state index contributed by atoms with van der Waals surface area (Å²) < 4.78 is 22.8. The van der Waals surface area contributed by atoms with Crippen LogP contribution in [0, 0.1) is 0 Å². The molecule has 6 nitrogen and oxygen atoms in total. The number of benzene rings is 2. The van der Waals surface area contributed by atoms with E-state index in [-0.39, 0.29) is 0 Å². The van der Waals surface area contributed by atoms with Crippen molar-refractivity contribution in [1.29, 1.82) is 0 Å². The minimum Gasteiger partial charge on any atom is -0.493 e. The standard InChI is InChI=1S/C24H20N2O4/c1-27-20-7-6-17(23(28-2)24(20)29-3)21-13-19-22(30-21)16(9-11-26-19)15-5-4-14-8-10-25-18(14)12-15/h4-13,25H,1-3H3. The molecule has 0 spiro atoms.